The van der Waals surface area contributed by atoms with Gasteiger partial charge in [0.2, 0.25) is 0 Å². The van der Waals surface area contributed by atoms with Gasteiger partial charge in [-0.1, -0.05) is 0 Å². The molecule has 1 aromatic rings. The summed E-state index contributed by atoms with van der Waals surface area (Å²) in [5.74, 6) is -0.949. The van der Waals surface area contributed by atoms with E-state index >= 15 is 0 Å². The van der Waals surface area contributed by atoms with E-state index in [1.54, 1.807) is 0 Å². The first-order valence-corrected chi connectivity index (χ1v) is 5.37. The molecule has 1 unspecified atom stereocenters. The van der Waals surface area contributed by atoms with Crippen molar-refractivity contribution in [1.82, 2.24) is 0 Å². The number of hydrogen-bond acceptors (Lipinski definition) is 1. The summed E-state index contributed by atoms with van der Waals surface area (Å²) in [5.41, 5.74) is 7.34. The van der Waals surface area contributed by atoms with E-state index in [-0.39, 0.29) is 11.5 Å². The maximum atomic E-state index is 13.6. The van der Waals surface area contributed by atoms with Crippen LogP contribution >= 0.6 is 0 Å². The Labute approximate surface area is 87.3 Å². The highest BCUT2D eigenvalue weighted by Crippen LogP contribution is 2.57. The molecule has 0 radical (unpaired) electrons. The fourth-order valence-corrected chi connectivity index (χ4v) is 2.78. The van der Waals surface area contributed by atoms with Crippen molar-refractivity contribution < 1.29 is 8.78 Å². The van der Waals surface area contributed by atoms with E-state index in [4.69, 9.17) is 5.73 Å². The minimum Gasteiger partial charge on any atom is -0.324 e. The van der Waals surface area contributed by atoms with Gasteiger partial charge < -0.3 is 5.73 Å². The van der Waals surface area contributed by atoms with Crippen LogP contribution in [0.25, 0.3) is 0 Å². The van der Waals surface area contributed by atoms with Crippen LogP contribution in [0, 0.1) is 11.6 Å². The lowest BCUT2D eigenvalue weighted by Crippen LogP contribution is -2.26. The van der Waals surface area contributed by atoms with E-state index in [0.29, 0.717) is 5.56 Å². The van der Waals surface area contributed by atoms with Crippen molar-refractivity contribution in [2.24, 2.45) is 5.73 Å². The van der Waals surface area contributed by atoms with Crippen molar-refractivity contribution in [3.8, 4) is 0 Å². The van der Waals surface area contributed by atoms with Crippen LogP contribution in [0.5, 0.6) is 0 Å². The zero-order valence-corrected chi connectivity index (χ0v) is 8.39. The van der Waals surface area contributed by atoms with Gasteiger partial charge >= 0.3 is 0 Å². The standard InChI is InChI=1S/C12H13F2N/c13-7-5-8-11(9(14)6-7)10(15)1-2-12(8)3-4-12/h5-6,10H,1-4,15H2. The van der Waals surface area contributed by atoms with Crippen LogP contribution in [-0.2, 0) is 5.41 Å². The monoisotopic (exact) mass is 209 g/mol. The molecule has 0 heterocycles. The molecule has 0 amide bonds. The highest BCUT2D eigenvalue weighted by molar-refractivity contribution is 5.43. The first-order chi connectivity index (χ1) is 7.12. The predicted octanol–water partition coefficient (Wildman–Crippen LogP) is 2.79. The number of nitrogens with two attached hydrogens (primary N) is 1. The predicted molar refractivity (Wildman–Crippen MR) is 53.4 cm³/mol. The van der Waals surface area contributed by atoms with Crippen LogP contribution in [0.1, 0.15) is 42.9 Å². The lowest BCUT2D eigenvalue weighted by molar-refractivity contribution is 0.447. The van der Waals surface area contributed by atoms with Gasteiger partial charge in [-0.2, -0.15) is 0 Å². The van der Waals surface area contributed by atoms with Gasteiger partial charge in [-0.05, 0) is 42.7 Å². The first-order valence-electron chi connectivity index (χ1n) is 5.37. The molecule has 0 aromatic heterocycles. The lowest BCUT2D eigenvalue weighted by Gasteiger charge is -2.30. The lowest BCUT2D eigenvalue weighted by atomic mass is 9.77. The van der Waals surface area contributed by atoms with Gasteiger partial charge in [0.1, 0.15) is 11.6 Å². The van der Waals surface area contributed by atoms with E-state index in [1.807, 2.05) is 0 Å². The van der Waals surface area contributed by atoms with E-state index in [0.717, 1.165) is 37.3 Å². The molecule has 0 saturated heterocycles. The van der Waals surface area contributed by atoms with Gasteiger partial charge in [0.15, 0.2) is 0 Å². The summed E-state index contributed by atoms with van der Waals surface area (Å²) in [5, 5.41) is 0. The maximum absolute atomic E-state index is 13.6. The molecule has 1 spiro atoms. The summed E-state index contributed by atoms with van der Waals surface area (Å²) in [6.07, 6.45) is 3.89. The zero-order chi connectivity index (χ0) is 10.6. The minimum absolute atomic E-state index is 0.0636. The van der Waals surface area contributed by atoms with E-state index in [9.17, 15) is 8.78 Å². The molecule has 1 aromatic carbocycles. The third kappa shape index (κ3) is 1.22. The molecule has 1 saturated carbocycles. The maximum Gasteiger partial charge on any atom is 0.131 e. The second-order valence-corrected chi connectivity index (χ2v) is 4.77. The van der Waals surface area contributed by atoms with E-state index in [2.05, 4.69) is 0 Å². The van der Waals surface area contributed by atoms with Crippen LogP contribution in [0.15, 0.2) is 12.1 Å². The van der Waals surface area contributed by atoms with Crippen molar-refractivity contribution in [2.45, 2.75) is 37.1 Å². The Bertz CT molecular complexity index is 424. The summed E-state index contributed by atoms with van der Waals surface area (Å²) in [6.45, 7) is 0. The zero-order valence-electron chi connectivity index (χ0n) is 8.39. The van der Waals surface area contributed by atoms with E-state index < -0.39 is 11.6 Å². The minimum atomic E-state index is -0.480. The summed E-state index contributed by atoms with van der Waals surface area (Å²) in [6, 6.07) is 2.16. The van der Waals surface area contributed by atoms with Gasteiger partial charge in [0.25, 0.3) is 0 Å². The Kier molecular flexibility index (Phi) is 1.72. The highest BCUT2D eigenvalue weighted by atomic mass is 19.1. The fraction of sp³-hybridized carbons (Fsp3) is 0.500. The number of rotatable bonds is 0. The number of hydrogen-bond donors (Lipinski definition) is 1. The van der Waals surface area contributed by atoms with Gasteiger partial charge in [-0.3, -0.25) is 0 Å². The molecule has 1 nitrogen and oxygen atoms in total. The Morgan fingerprint density at radius 3 is 2.60 bits per heavy atom. The molecule has 2 aliphatic carbocycles. The molecule has 0 aliphatic heterocycles. The van der Waals surface area contributed by atoms with Gasteiger partial charge in [0.05, 0.1) is 0 Å². The van der Waals surface area contributed by atoms with Gasteiger partial charge in [-0.15, -0.1) is 0 Å². The van der Waals surface area contributed by atoms with Crippen molar-refractivity contribution >= 4 is 0 Å². The Morgan fingerprint density at radius 1 is 1.20 bits per heavy atom. The van der Waals surface area contributed by atoms with Crippen molar-refractivity contribution in [1.29, 1.82) is 0 Å². The van der Waals surface area contributed by atoms with Crippen molar-refractivity contribution in [3.63, 3.8) is 0 Å². The molecule has 2 N–H and O–H groups in total. The molecule has 1 atom stereocenters. The average Bonchev–Trinajstić information content (AvgIpc) is 2.92. The van der Waals surface area contributed by atoms with Gasteiger partial charge in [-0.25, -0.2) is 8.78 Å². The normalized spacial score (nSPS) is 26.5. The summed E-state index contributed by atoms with van der Waals surface area (Å²) >= 11 is 0. The quantitative estimate of drug-likeness (QED) is 0.698. The van der Waals surface area contributed by atoms with Crippen LogP contribution in [0.2, 0.25) is 0 Å². The molecule has 3 rings (SSSR count). The second-order valence-electron chi connectivity index (χ2n) is 4.77. The van der Waals surface area contributed by atoms with Crippen LogP contribution in [0.4, 0.5) is 8.78 Å². The van der Waals surface area contributed by atoms with E-state index in [1.165, 1.54) is 6.07 Å². The number of halogens is 2. The molecule has 2 aliphatic rings. The largest absolute Gasteiger partial charge is 0.324 e. The van der Waals surface area contributed by atoms with Crippen molar-refractivity contribution in [2.75, 3.05) is 0 Å². The molecule has 1 fully saturated rings. The van der Waals surface area contributed by atoms with Crippen LogP contribution < -0.4 is 5.73 Å². The molecule has 3 heteroatoms. The third-order valence-electron chi connectivity index (χ3n) is 3.82. The molecular weight excluding hydrogens is 196 g/mol. The van der Waals surface area contributed by atoms with Crippen LogP contribution in [0.3, 0.4) is 0 Å². The molecule has 15 heavy (non-hydrogen) atoms. The Balaban J connectivity index is 2.23. The Hall–Kier alpha value is -0.960. The summed E-state index contributed by atoms with van der Waals surface area (Å²) in [7, 11) is 0. The fourth-order valence-electron chi connectivity index (χ4n) is 2.78. The number of benzene rings is 1. The number of fused-ring (bicyclic) bond motifs is 2. The second kappa shape index (κ2) is 2.79. The Morgan fingerprint density at radius 2 is 1.93 bits per heavy atom. The average molecular weight is 209 g/mol. The summed E-state index contributed by atoms with van der Waals surface area (Å²) < 4.78 is 26.8. The molecular formula is C12H13F2N. The van der Waals surface area contributed by atoms with Crippen molar-refractivity contribution in [3.05, 3.63) is 34.9 Å². The highest BCUT2D eigenvalue weighted by Gasteiger charge is 2.49. The van der Waals surface area contributed by atoms with Crippen LogP contribution in [-0.4, -0.2) is 0 Å². The smallest absolute Gasteiger partial charge is 0.131 e. The summed E-state index contributed by atoms with van der Waals surface area (Å²) in [4.78, 5) is 0. The third-order valence-corrected chi connectivity index (χ3v) is 3.82. The SMILES string of the molecule is NC1CCC2(CC2)c2cc(F)cc(F)c21. The topological polar surface area (TPSA) is 26.0 Å². The first kappa shape index (κ1) is 9.28. The molecule has 0 bridgehead atoms. The molecule has 80 valence electrons. The van der Waals surface area contributed by atoms with Gasteiger partial charge in [0, 0.05) is 17.7 Å².